The lowest BCUT2D eigenvalue weighted by Crippen LogP contribution is -2.54. The van der Waals surface area contributed by atoms with Crippen molar-refractivity contribution in [3.05, 3.63) is 35.9 Å². The molecule has 1 aromatic rings. The number of amides is 3. The molecule has 1 aromatic carbocycles. The van der Waals surface area contributed by atoms with Crippen molar-refractivity contribution in [2.45, 2.75) is 71.8 Å². The first-order chi connectivity index (χ1) is 14.4. The van der Waals surface area contributed by atoms with Gasteiger partial charge in [0, 0.05) is 0 Å². The second-order valence-electron chi connectivity index (χ2n) is 8.64. The maximum atomic E-state index is 12.7. The highest BCUT2D eigenvalue weighted by molar-refractivity contribution is 5.92. The Morgan fingerprint density at radius 2 is 1.61 bits per heavy atom. The largest absolute Gasteiger partial charge is 0.461 e. The van der Waals surface area contributed by atoms with Crippen molar-refractivity contribution in [3.63, 3.8) is 0 Å². The lowest BCUT2D eigenvalue weighted by atomic mass is 10.0. The van der Waals surface area contributed by atoms with Gasteiger partial charge in [-0.25, -0.2) is 4.79 Å². The zero-order valence-electron chi connectivity index (χ0n) is 18.8. The lowest BCUT2D eigenvalue weighted by molar-refractivity contribution is -0.147. The molecule has 0 bridgehead atoms. The van der Waals surface area contributed by atoms with Gasteiger partial charge in [0.1, 0.15) is 24.3 Å². The summed E-state index contributed by atoms with van der Waals surface area (Å²) in [5.74, 6) is -2.15. The molecule has 1 rings (SSSR count). The molecule has 0 aliphatic heterocycles. The molecule has 0 spiro atoms. The van der Waals surface area contributed by atoms with E-state index in [9.17, 15) is 19.2 Å². The van der Waals surface area contributed by atoms with Gasteiger partial charge in [0.2, 0.25) is 11.8 Å². The average Bonchev–Trinajstić information content (AvgIpc) is 2.64. The molecule has 0 saturated heterocycles. The fourth-order valence-corrected chi connectivity index (χ4v) is 2.61. The Bertz CT molecular complexity index is 758. The summed E-state index contributed by atoms with van der Waals surface area (Å²) < 4.78 is 10.3. The van der Waals surface area contributed by atoms with Gasteiger partial charge in [-0.3, -0.25) is 14.4 Å². The zero-order valence-corrected chi connectivity index (χ0v) is 18.8. The van der Waals surface area contributed by atoms with Gasteiger partial charge >= 0.3 is 12.1 Å². The minimum Gasteiger partial charge on any atom is -0.461 e. The number of carbonyl (C=O) groups is 4. The van der Waals surface area contributed by atoms with Crippen LogP contribution in [0, 0.1) is 5.92 Å². The number of nitrogens with one attached hydrogen (secondary N) is 2. The van der Waals surface area contributed by atoms with Crippen LogP contribution in [0.5, 0.6) is 0 Å². The summed E-state index contributed by atoms with van der Waals surface area (Å²) in [6.07, 6.45) is -0.879. The van der Waals surface area contributed by atoms with Crippen LogP contribution in [0.1, 0.15) is 53.0 Å². The Labute approximate surface area is 183 Å². The van der Waals surface area contributed by atoms with E-state index in [4.69, 9.17) is 15.2 Å². The minimum atomic E-state index is -1.27. The summed E-state index contributed by atoms with van der Waals surface area (Å²) in [6.45, 7) is 8.90. The van der Waals surface area contributed by atoms with Crippen LogP contribution in [0.15, 0.2) is 30.3 Å². The average molecular weight is 436 g/mol. The van der Waals surface area contributed by atoms with Crippen LogP contribution in [0.3, 0.4) is 0 Å². The molecule has 9 nitrogen and oxygen atoms in total. The third kappa shape index (κ3) is 11.0. The third-order valence-electron chi connectivity index (χ3n) is 3.99. The fourth-order valence-electron chi connectivity index (χ4n) is 2.61. The summed E-state index contributed by atoms with van der Waals surface area (Å²) in [6, 6.07) is 6.80. The molecule has 9 heteroatoms. The maximum absolute atomic E-state index is 12.7. The van der Waals surface area contributed by atoms with E-state index in [0.717, 1.165) is 5.56 Å². The second-order valence-corrected chi connectivity index (χ2v) is 8.64. The molecule has 172 valence electrons. The summed E-state index contributed by atoms with van der Waals surface area (Å²) in [5.41, 5.74) is 5.40. The van der Waals surface area contributed by atoms with Crippen LogP contribution in [0.4, 0.5) is 4.79 Å². The number of hydrogen-bond acceptors (Lipinski definition) is 6. The maximum Gasteiger partial charge on any atom is 0.408 e. The first kappa shape index (κ1) is 25.9. The Hall–Kier alpha value is -3.10. The highest BCUT2D eigenvalue weighted by atomic mass is 16.6. The molecule has 2 atom stereocenters. The zero-order chi connectivity index (χ0) is 23.6. The number of carbonyl (C=O) groups excluding carboxylic acids is 4. The van der Waals surface area contributed by atoms with Crippen molar-refractivity contribution in [1.29, 1.82) is 0 Å². The Morgan fingerprint density at radius 3 is 2.13 bits per heavy atom. The molecule has 0 unspecified atom stereocenters. The number of primary amides is 1. The smallest absolute Gasteiger partial charge is 0.408 e. The Morgan fingerprint density at radius 1 is 1.00 bits per heavy atom. The monoisotopic (exact) mass is 435 g/mol. The van der Waals surface area contributed by atoms with Gasteiger partial charge < -0.3 is 25.8 Å². The van der Waals surface area contributed by atoms with Gasteiger partial charge in [-0.05, 0) is 38.7 Å². The molecule has 0 fully saturated rings. The summed E-state index contributed by atoms with van der Waals surface area (Å²) in [7, 11) is 0. The number of ether oxygens (including phenoxy) is 2. The van der Waals surface area contributed by atoms with Crippen molar-refractivity contribution < 1.29 is 28.7 Å². The molecule has 0 radical (unpaired) electrons. The standard InChI is InChI=1S/C22H33N3O6/c1-14(2)11-17(25-21(29)31-22(3,4)5)20(28)24-16(19(23)27)12-18(26)30-13-15-9-7-6-8-10-15/h6-10,14,16-17H,11-13H2,1-5H3,(H2,23,27)(H,24,28)(H,25,29)/t16-,17+/m1/s1. The van der Waals surface area contributed by atoms with E-state index in [1.54, 1.807) is 32.9 Å². The van der Waals surface area contributed by atoms with E-state index >= 15 is 0 Å². The molecule has 0 aliphatic carbocycles. The summed E-state index contributed by atoms with van der Waals surface area (Å²) in [5, 5.41) is 4.94. The molecule has 0 aliphatic rings. The van der Waals surface area contributed by atoms with Crippen molar-refractivity contribution in [2.24, 2.45) is 11.7 Å². The first-order valence-corrected chi connectivity index (χ1v) is 10.2. The summed E-state index contributed by atoms with van der Waals surface area (Å²) in [4.78, 5) is 48.7. The van der Waals surface area contributed by atoms with Crippen LogP contribution in [0.2, 0.25) is 0 Å². The number of esters is 1. The SMILES string of the molecule is CC(C)C[C@H](NC(=O)OC(C)(C)C)C(=O)N[C@H](CC(=O)OCc1ccccc1)C(N)=O. The lowest BCUT2D eigenvalue weighted by Gasteiger charge is -2.25. The number of alkyl carbamates (subject to hydrolysis) is 1. The van der Waals surface area contributed by atoms with Crippen LogP contribution < -0.4 is 16.4 Å². The van der Waals surface area contributed by atoms with E-state index in [2.05, 4.69) is 10.6 Å². The second kappa shape index (κ2) is 11.9. The minimum absolute atomic E-state index is 0.0370. The highest BCUT2D eigenvalue weighted by Crippen LogP contribution is 2.10. The van der Waals surface area contributed by atoms with E-state index < -0.39 is 48.0 Å². The van der Waals surface area contributed by atoms with Crippen LogP contribution in [-0.4, -0.2) is 41.6 Å². The van der Waals surface area contributed by atoms with E-state index in [-0.39, 0.29) is 12.5 Å². The number of benzene rings is 1. The topological polar surface area (TPSA) is 137 Å². The van der Waals surface area contributed by atoms with Crippen LogP contribution >= 0.6 is 0 Å². The van der Waals surface area contributed by atoms with Crippen molar-refractivity contribution in [2.75, 3.05) is 0 Å². The van der Waals surface area contributed by atoms with Crippen LogP contribution in [-0.2, 0) is 30.5 Å². The van der Waals surface area contributed by atoms with E-state index in [1.165, 1.54) is 0 Å². The number of hydrogen-bond donors (Lipinski definition) is 3. The van der Waals surface area contributed by atoms with Crippen molar-refractivity contribution in [3.8, 4) is 0 Å². The molecule has 0 heterocycles. The van der Waals surface area contributed by atoms with E-state index in [0.29, 0.717) is 6.42 Å². The fraction of sp³-hybridized carbons (Fsp3) is 0.545. The molecule has 3 amide bonds. The Kier molecular flexibility index (Phi) is 9.98. The predicted octanol–water partition coefficient (Wildman–Crippen LogP) is 2.03. The van der Waals surface area contributed by atoms with Gasteiger partial charge in [0.15, 0.2) is 0 Å². The normalized spacial score (nSPS) is 13.1. The molecule has 31 heavy (non-hydrogen) atoms. The molecular weight excluding hydrogens is 402 g/mol. The first-order valence-electron chi connectivity index (χ1n) is 10.2. The highest BCUT2D eigenvalue weighted by Gasteiger charge is 2.29. The van der Waals surface area contributed by atoms with E-state index in [1.807, 2.05) is 32.0 Å². The molecular formula is C22H33N3O6. The Balaban J connectivity index is 2.73. The van der Waals surface area contributed by atoms with Crippen molar-refractivity contribution >= 4 is 23.9 Å². The molecule has 4 N–H and O–H groups in total. The number of nitrogens with two attached hydrogens (primary N) is 1. The third-order valence-corrected chi connectivity index (χ3v) is 3.99. The van der Waals surface area contributed by atoms with Crippen molar-refractivity contribution in [1.82, 2.24) is 10.6 Å². The van der Waals surface area contributed by atoms with Gasteiger partial charge in [-0.1, -0.05) is 44.2 Å². The molecule has 0 aromatic heterocycles. The summed E-state index contributed by atoms with van der Waals surface area (Å²) >= 11 is 0. The number of rotatable bonds is 10. The van der Waals surface area contributed by atoms with Gasteiger partial charge in [-0.2, -0.15) is 0 Å². The van der Waals surface area contributed by atoms with Gasteiger partial charge in [0.05, 0.1) is 6.42 Å². The molecule has 0 saturated carbocycles. The van der Waals surface area contributed by atoms with Gasteiger partial charge in [0.25, 0.3) is 0 Å². The predicted molar refractivity (Wildman–Crippen MR) is 115 cm³/mol. The quantitative estimate of drug-likeness (QED) is 0.481. The van der Waals surface area contributed by atoms with Gasteiger partial charge in [-0.15, -0.1) is 0 Å². The van der Waals surface area contributed by atoms with Crippen LogP contribution in [0.25, 0.3) is 0 Å².